The Hall–Kier alpha value is -0.790. The zero-order valence-electron chi connectivity index (χ0n) is 8.84. The molecule has 0 radical (unpaired) electrons. The van der Waals surface area contributed by atoms with Crippen molar-refractivity contribution in [1.82, 2.24) is 0 Å². The van der Waals surface area contributed by atoms with Gasteiger partial charge in [0.25, 0.3) is 0 Å². The molecule has 0 fully saturated rings. The smallest absolute Gasteiger partial charge is 0.330 e. The van der Waals surface area contributed by atoms with Crippen molar-refractivity contribution in [3.05, 3.63) is 11.6 Å². The highest BCUT2D eigenvalue weighted by Gasteiger charge is 2.02. The van der Waals surface area contributed by atoms with Crippen molar-refractivity contribution >= 4 is 5.97 Å². The third-order valence-corrected chi connectivity index (χ3v) is 2.21. The second kappa shape index (κ2) is 6.70. The van der Waals surface area contributed by atoms with E-state index in [4.69, 9.17) is 5.11 Å². The Labute approximate surface area is 80.7 Å². The van der Waals surface area contributed by atoms with E-state index in [2.05, 4.69) is 13.8 Å². The fraction of sp³-hybridized carbons (Fsp3) is 0.727. The second-order valence-corrected chi connectivity index (χ2v) is 3.68. The van der Waals surface area contributed by atoms with Gasteiger partial charge in [0.05, 0.1) is 0 Å². The number of rotatable bonds is 6. The van der Waals surface area contributed by atoms with E-state index in [1.165, 1.54) is 19.3 Å². The van der Waals surface area contributed by atoms with Gasteiger partial charge in [-0.25, -0.2) is 4.79 Å². The van der Waals surface area contributed by atoms with Gasteiger partial charge in [0.2, 0.25) is 0 Å². The van der Waals surface area contributed by atoms with Gasteiger partial charge in [-0.2, -0.15) is 0 Å². The molecule has 0 rings (SSSR count). The van der Waals surface area contributed by atoms with Crippen molar-refractivity contribution in [1.29, 1.82) is 0 Å². The van der Waals surface area contributed by atoms with Crippen LogP contribution in [0.5, 0.6) is 0 Å². The molecule has 0 aliphatic rings. The molecular formula is C11H20O2. The SMILES string of the molecule is CCCCC(C)CC=C(C)C(=O)O. The van der Waals surface area contributed by atoms with Gasteiger partial charge >= 0.3 is 5.97 Å². The van der Waals surface area contributed by atoms with Crippen LogP contribution in [0.2, 0.25) is 0 Å². The minimum absolute atomic E-state index is 0.461. The first-order chi connectivity index (χ1) is 6.07. The van der Waals surface area contributed by atoms with Gasteiger partial charge in [0, 0.05) is 5.57 Å². The van der Waals surface area contributed by atoms with Crippen LogP contribution in [0.25, 0.3) is 0 Å². The van der Waals surface area contributed by atoms with Gasteiger partial charge < -0.3 is 5.11 Å². The van der Waals surface area contributed by atoms with Crippen molar-refractivity contribution < 1.29 is 9.90 Å². The quantitative estimate of drug-likeness (QED) is 0.643. The van der Waals surface area contributed by atoms with Crippen molar-refractivity contribution in [2.75, 3.05) is 0 Å². The summed E-state index contributed by atoms with van der Waals surface area (Å²) in [5.41, 5.74) is 0.461. The van der Waals surface area contributed by atoms with Gasteiger partial charge in [-0.3, -0.25) is 0 Å². The Kier molecular flexibility index (Phi) is 6.29. The molecule has 0 saturated heterocycles. The number of aliphatic carboxylic acids is 1. The molecule has 1 N–H and O–H groups in total. The van der Waals surface area contributed by atoms with E-state index in [9.17, 15) is 4.79 Å². The summed E-state index contributed by atoms with van der Waals surface area (Å²) in [5.74, 6) is -0.197. The maximum absolute atomic E-state index is 10.5. The Morgan fingerprint density at radius 3 is 2.62 bits per heavy atom. The van der Waals surface area contributed by atoms with Gasteiger partial charge in [0.1, 0.15) is 0 Å². The van der Waals surface area contributed by atoms with Crippen LogP contribution >= 0.6 is 0 Å². The highest BCUT2D eigenvalue weighted by atomic mass is 16.4. The molecule has 0 heterocycles. The highest BCUT2D eigenvalue weighted by Crippen LogP contribution is 2.13. The third kappa shape index (κ3) is 6.38. The van der Waals surface area contributed by atoms with E-state index in [-0.39, 0.29) is 0 Å². The van der Waals surface area contributed by atoms with Crippen LogP contribution in [-0.4, -0.2) is 11.1 Å². The lowest BCUT2D eigenvalue weighted by Crippen LogP contribution is -1.98. The molecule has 1 atom stereocenters. The predicted molar refractivity (Wildman–Crippen MR) is 54.7 cm³/mol. The van der Waals surface area contributed by atoms with Crippen molar-refractivity contribution in [2.45, 2.75) is 46.5 Å². The lowest BCUT2D eigenvalue weighted by atomic mass is 9.99. The van der Waals surface area contributed by atoms with Gasteiger partial charge in [-0.1, -0.05) is 39.2 Å². The van der Waals surface area contributed by atoms with Crippen LogP contribution < -0.4 is 0 Å². The van der Waals surface area contributed by atoms with Crippen LogP contribution in [0.1, 0.15) is 46.5 Å². The molecule has 0 aliphatic heterocycles. The molecule has 1 unspecified atom stereocenters. The summed E-state index contributed by atoms with van der Waals surface area (Å²) < 4.78 is 0. The fourth-order valence-electron chi connectivity index (χ4n) is 1.14. The molecule has 0 aromatic carbocycles. The number of hydrogen-bond donors (Lipinski definition) is 1. The average molecular weight is 184 g/mol. The van der Waals surface area contributed by atoms with Gasteiger partial charge in [0.15, 0.2) is 0 Å². The van der Waals surface area contributed by atoms with Gasteiger partial charge in [-0.05, 0) is 19.3 Å². The molecular weight excluding hydrogens is 164 g/mol. The highest BCUT2D eigenvalue weighted by molar-refractivity contribution is 5.85. The van der Waals surface area contributed by atoms with Crippen LogP contribution in [0.3, 0.4) is 0 Å². The van der Waals surface area contributed by atoms with Crippen LogP contribution in [-0.2, 0) is 4.79 Å². The molecule has 0 saturated carbocycles. The molecule has 0 bridgehead atoms. The summed E-state index contributed by atoms with van der Waals surface area (Å²) in [6.07, 6.45) is 6.35. The second-order valence-electron chi connectivity index (χ2n) is 3.68. The maximum Gasteiger partial charge on any atom is 0.330 e. The molecule has 2 heteroatoms. The van der Waals surface area contributed by atoms with E-state index in [0.717, 1.165) is 6.42 Å². The van der Waals surface area contributed by atoms with Crippen LogP contribution in [0.4, 0.5) is 0 Å². The average Bonchev–Trinajstić information content (AvgIpc) is 2.10. The summed E-state index contributed by atoms with van der Waals surface area (Å²) >= 11 is 0. The Morgan fingerprint density at radius 2 is 2.15 bits per heavy atom. The Balaban J connectivity index is 3.73. The summed E-state index contributed by atoms with van der Waals surface area (Å²) in [7, 11) is 0. The van der Waals surface area contributed by atoms with Crippen LogP contribution in [0, 0.1) is 5.92 Å². The fourth-order valence-corrected chi connectivity index (χ4v) is 1.14. The number of hydrogen-bond acceptors (Lipinski definition) is 1. The molecule has 0 amide bonds. The monoisotopic (exact) mass is 184 g/mol. The minimum atomic E-state index is -0.803. The number of carboxylic acids is 1. The van der Waals surface area contributed by atoms with E-state index in [1.54, 1.807) is 6.92 Å². The first-order valence-electron chi connectivity index (χ1n) is 4.98. The Bertz CT molecular complexity index is 183. The molecule has 0 spiro atoms. The summed E-state index contributed by atoms with van der Waals surface area (Å²) in [6, 6.07) is 0. The zero-order chi connectivity index (χ0) is 10.3. The first kappa shape index (κ1) is 12.2. The summed E-state index contributed by atoms with van der Waals surface area (Å²) in [5, 5.41) is 8.60. The maximum atomic E-state index is 10.5. The predicted octanol–water partition coefficient (Wildman–Crippen LogP) is 3.23. The lowest BCUT2D eigenvalue weighted by molar-refractivity contribution is -0.132. The van der Waals surface area contributed by atoms with Gasteiger partial charge in [-0.15, -0.1) is 0 Å². The van der Waals surface area contributed by atoms with Crippen molar-refractivity contribution in [2.24, 2.45) is 5.92 Å². The van der Waals surface area contributed by atoms with E-state index >= 15 is 0 Å². The van der Waals surface area contributed by atoms with E-state index < -0.39 is 5.97 Å². The summed E-state index contributed by atoms with van der Waals surface area (Å²) in [4.78, 5) is 10.5. The molecule has 0 aromatic heterocycles. The molecule has 76 valence electrons. The molecule has 2 nitrogen and oxygen atoms in total. The third-order valence-electron chi connectivity index (χ3n) is 2.21. The van der Waals surface area contributed by atoms with E-state index in [0.29, 0.717) is 11.5 Å². The standard InChI is InChI=1S/C11H20O2/c1-4-5-6-9(2)7-8-10(3)11(12)13/h8-9H,4-7H2,1-3H3,(H,12,13). The zero-order valence-corrected chi connectivity index (χ0v) is 8.84. The molecule has 0 aromatic rings. The molecule has 0 aliphatic carbocycles. The topological polar surface area (TPSA) is 37.3 Å². The summed E-state index contributed by atoms with van der Waals surface area (Å²) in [6.45, 7) is 5.99. The number of carbonyl (C=O) groups is 1. The lowest BCUT2D eigenvalue weighted by Gasteiger charge is -2.06. The number of allylic oxidation sites excluding steroid dienone is 1. The van der Waals surface area contributed by atoms with E-state index in [1.807, 2.05) is 6.08 Å². The molecule has 13 heavy (non-hydrogen) atoms. The van der Waals surface area contributed by atoms with Crippen molar-refractivity contribution in [3.8, 4) is 0 Å². The largest absolute Gasteiger partial charge is 0.478 e. The number of carboxylic acid groups (broad SMARTS) is 1. The number of unbranched alkanes of at least 4 members (excludes halogenated alkanes) is 1. The van der Waals surface area contributed by atoms with Crippen LogP contribution in [0.15, 0.2) is 11.6 Å². The first-order valence-corrected chi connectivity index (χ1v) is 4.98. The normalized spacial score (nSPS) is 14.2. The van der Waals surface area contributed by atoms with Crippen molar-refractivity contribution in [3.63, 3.8) is 0 Å². The Morgan fingerprint density at radius 1 is 1.54 bits per heavy atom. The minimum Gasteiger partial charge on any atom is -0.478 e.